The molecule has 3 rings (SSSR count). The van der Waals surface area contributed by atoms with E-state index in [0.29, 0.717) is 18.8 Å². The number of rotatable bonds is 1. The minimum atomic E-state index is -0.263. The number of fused-ring (bicyclic) bond motifs is 1. The van der Waals surface area contributed by atoms with Crippen LogP contribution in [0.4, 0.5) is 5.69 Å². The number of nitrogens with zero attached hydrogens (tertiary/aromatic N) is 1. The Balaban J connectivity index is 1.91. The van der Waals surface area contributed by atoms with E-state index < -0.39 is 0 Å². The standard InChI is InChI=1S/C15H15N3O2/c16-13-3-1-2-10-5-7-18(9-12(10)13)15(20)11-8-17-6-4-14(11)19/h1-4,6,8H,5,7,9,16H2,(H,17,19). The van der Waals surface area contributed by atoms with E-state index in [2.05, 4.69) is 4.98 Å². The van der Waals surface area contributed by atoms with Gasteiger partial charge in [0.05, 0.1) is 0 Å². The molecule has 0 radical (unpaired) electrons. The molecule has 0 bridgehead atoms. The van der Waals surface area contributed by atoms with Crippen LogP contribution in [0.3, 0.4) is 0 Å². The number of aromatic amines is 1. The predicted molar refractivity (Wildman–Crippen MR) is 76.4 cm³/mol. The summed E-state index contributed by atoms with van der Waals surface area (Å²) in [7, 11) is 0. The third-order valence-corrected chi connectivity index (χ3v) is 3.65. The second-order valence-corrected chi connectivity index (χ2v) is 4.88. The van der Waals surface area contributed by atoms with E-state index in [4.69, 9.17) is 5.73 Å². The van der Waals surface area contributed by atoms with Crippen molar-refractivity contribution in [2.24, 2.45) is 0 Å². The summed E-state index contributed by atoms with van der Waals surface area (Å²) in [6.07, 6.45) is 3.73. The molecule has 1 aromatic heterocycles. The Morgan fingerprint density at radius 2 is 2.15 bits per heavy atom. The Morgan fingerprint density at radius 3 is 2.95 bits per heavy atom. The van der Waals surface area contributed by atoms with E-state index in [1.165, 1.54) is 24.0 Å². The molecule has 2 heterocycles. The minimum Gasteiger partial charge on any atom is -0.398 e. The number of pyridine rings is 1. The van der Waals surface area contributed by atoms with Gasteiger partial charge in [0.2, 0.25) is 0 Å². The van der Waals surface area contributed by atoms with Crippen molar-refractivity contribution in [1.29, 1.82) is 0 Å². The fourth-order valence-corrected chi connectivity index (χ4v) is 2.53. The molecule has 0 spiro atoms. The summed E-state index contributed by atoms with van der Waals surface area (Å²) in [6.45, 7) is 1.05. The van der Waals surface area contributed by atoms with Gasteiger partial charge in [0, 0.05) is 37.2 Å². The maximum Gasteiger partial charge on any atom is 0.259 e. The highest BCUT2D eigenvalue weighted by molar-refractivity contribution is 5.94. The first kappa shape index (κ1) is 12.5. The molecule has 1 aliphatic rings. The molecule has 3 N–H and O–H groups in total. The lowest BCUT2D eigenvalue weighted by Crippen LogP contribution is -2.38. The molecular formula is C15H15N3O2. The fraction of sp³-hybridized carbons (Fsp3) is 0.200. The van der Waals surface area contributed by atoms with E-state index in [1.54, 1.807) is 4.90 Å². The number of H-pyrrole nitrogens is 1. The summed E-state index contributed by atoms with van der Waals surface area (Å²) in [6, 6.07) is 7.15. The van der Waals surface area contributed by atoms with Crippen LogP contribution in [0.25, 0.3) is 0 Å². The van der Waals surface area contributed by atoms with Gasteiger partial charge in [0.1, 0.15) is 5.56 Å². The van der Waals surface area contributed by atoms with Crippen molar-refractivity contribution in [1.82, 2.24) is 9.88 Å². The Morgan fingerprint density at radius 1 is 1.30 bits per heavy atom. The summed E-state index contributed by atoms with van der Waals surface area (Å²) in [5, 5.41) is 0. The fourth-order valence-electron chi connectivity index (χ4n) is 2.53. The third kappa shape index (κ3) is 2.07. The van der Waals surface area contributed by atoms with Gasteiger partial charge in [-0.25, -0.2) is 0 Å². The Hall–Kier alpha value is -2.56. The molecule has 5 nitrogen and oxygen atoms in total. The van der Waals surface area contributed by atoms with Crippen LogP contribution < -0.4 is 11.2 Å². The average Bonchev–Trinajstić information content (AvgIpc) is 2.47. The first-order valence-electron chi connectivity index (χ1n) is 6.49. The molecule has 102 valence electrons. The number of nitrogen functional groups attached to an aromatic ring is 1. The van der Waals surface area contributed by atoms with Crippen LogP contribution in [0.15, 0.2) is 41.5 Å². The van der Waals surface area contributed by atoms with Crippen molar-refractivity contribution < 1.29 is 4.79 Å². The summed E-state index contributed by atoms with van der Waals surface area (Å²) >= 11 is 0. The van der Waals surface area contributed by atoms with E-state index in [9.17, 15) is 9.59 Å². The molecule has 0 saturated heterocycles. The molecule has 5 heteroatoms. The largest absolute Gasteiger partial charge is 0.398 e. The van der Waals surface area contributed by atoms with Crippen molar-refractivity contribution in [2.75, 3.05) is 12.3 Å². The van der Waals surface area contributed by atoms with Gasteiger partial charge in [-0.2, -0.15) is 0 Å². The Kier molecular flexibility index (Phi) is 3.02. The lowest BCUT2D eigenvalue weighted by molar-refractivity contribution is 0.0733. The second kappa shape index (κ2) is 4.85. The molecule has 1 aromatic carbocycles. The van der Waals surface area contributed by atoms with Gasteiger partial charge in [0.15, 0.2) is 5.43 Å². The van der Waals surface area contributed by atoms with Crippen molar-refractivity contribution in [3.05, 3.63) is 63.6 Å². The van der Waals surface area contributed by atoms with E-state index in [-0.39, 0.29) is 16.9 Å². The number of hydrogen-bond donors (Lipinski definition) is 2. The quantitative estimate of drug-likeness (QED) is 0.762. The number of nitrogens with one attached hydrogen (secondary N) is 1. The molecule has 1 aliphatic heterocycles. The monoisotopic (exact) mass is 269 g/mol. The molecule has 0 unspecified atom stereocenters. The highest BCUT2D eigenvalue weighted by atomic mass is 16.2. The molecule has 0 fully saturated rings. The smallest absolute Gasteiger partial charge is 0.259 e. The number of anilines is 1. The topological polar surface area (TPSA) is 79.2 Å². The summed E-state index contributed by atoms with van der Waals surface area (Å²) < 4.78 is 0. The molecule has 20 heavy (non-hydrogen) atoms. The van der Waals surface area contributed by atoms with Crippen LogP contribution in [0, 0.1) is 0 Å². The van der Waals surface area contributed by atoms with Crippen LogP contribution in [0.1, 0.15) is 21.5 Å². The van der Waals surface area contributed by atoms with Gasteiger partial charge < -0.3 is 15.6 Å². The minimum absolute atomic E-state index is 0.172. The van der Waals surface area contributed by atoms with E-state index >= 15 is 0 Å². The van der Waals surface area contributed by atoms with Gasteiger partial charge in [-0.3, -0.25) is 9.59 Å². The van der Waals surface area contributed by atoms with Crippen LogP contribution in [0.2, 0.25) is 0 Å². The number of aromatic nitrogens is 1. The van der Waals surface area contributed by atoms with E-state index in [1.807, 2.05) is 18.2 Å². The number of benzene rings is 1. The zero-order valence-electron chi connectivity index (χ0n) is 10.9. The van der Waals surface area contributed by atoms with Crippen molar-refractivity contribution >= 4 is 11.6 Å². The molecule has 1 amide bonds. The highest BCUT2D eigenvalue weighted by Gasteiger charge is 2.24. The Bertz CT molecular complexity index is 721. The lowest BCUT2D eigenvalue weighted by Gasteiger charge is -2.29. The van der Waals surface area contributed by atoms with Gasteiger partial charge in [-0.1, -0.05) is 12.1 Å². The van der Waals surface area contributed by atoms with Gasteiger partial charge in [0.25, 0.3) is 5.91 Å². The van der Waals surface area contributed by atoms with Gasteiger partial charge in [-0.05, 0) is 23.6 Å². The zero-order chi connectivity index (χ0) is 14.1. The SMILES string of the molecule is Nc1cccc2c1CN(C(=O)c1c[nH]ccc1=O)CC2. The van der Waals surface area contributed by atoms with Crippen molar-refractivity contribution in [2.45, 2.75) is 13.0 Å². The van der Waals surface area contributed by atoms with E-state index in [0.717, 1.165) is 12.0 Å². The van der Waals surface area contributed by atoms with Crippen LogP contribution >= 0.6 is 0 Å². The number of hydrogen-bond acceptors (Lipinski definition) is 3. The second-order valence-electron chi connectivity index (χ2n) is 4.88. The zero-order valence-corrected chi connectivity index (χ0v) is 10.9. The predicted octanol–water partition coefficient (Wildman–Crippen LogP) is 1.16. The molecular weight excluding hydrogens is 254 g/mol. The van der Waals surface area contributed by atoms with Gasteiger partial charge in [-0.15, -0.1) is 0 Å². The number of carbonyl (C=O) groups is 1. The first-order valence-corrected chi connectivity index (χ1v) is 6.49. The van der Waals surface area contributed by atoms with Crippen LogP contribution in [-0.4, -0.2) is 22.3 Å². The normalized spacial score (nSPS) is 13.9. The van der Waals surface area contributed by atoms with Crippen molar-refractivity contribution in [3.8, 4) is 0 Å². The number of carbonyl (C=O) groups excluding carboxylic acids is 1. The summed E-state index contributed by atoms with van der Waals surface area (Å²) in [5.41, 5.74) is 8.73. The molecule has 0 atom stereocenters. The first-order chi connectivity index (χ1) is 9.66. The number of nitrogens with two attached hydrogens (primary N) is 1. The molecule has 0 saturated carbocycles. The number of amides is 1. The van der Waals surface area contributed by atoms with Crippen LogP contribution in [0.5, 0.6) is 0 Å². The highest BCUT2D eigenvalue weighted by Crippen LogP contribution is 2.24. The lowest BCUT2D eigenvalue weighted by atomic mass is 9.97. The summed E-state index contributed by atoms with van der Waals surface area (Å²) in [4.78, 5) is 28.6. The maximum atomic E-state index is 12.4. The van der Waals surface area contributed by atoms with Crippen molar-refractivity contribution in [3.63, 3.8) is 0 Å². The van der Waals surface area contributed by atoms with Gasteiger partial charge >= 0.3 is 0 Å². The maximum absolute atomic E-state index is 12.4. The third-order valence-electron chi connectivity index (χ3n) is 3.65. The summed E-state index contributed by atoms with van der Waals surface area (Å²) in [5.74, 6) is -0.249. The van der Waals surface area contributed by atoms with Crippen LogP contribution in [-0.2, 0) is 13.0 Å². The molecule has 2 aromatic rings. The average molecular weight is 269 g/mol. The molecule has 0 aliphatic carbocycles. The Labute approximate surface area is 116 Å².